The van der Waals surface area contributed by atoms with Gasteiger partial charge >= 0.3 is 0 Å². The van der Waals surface area contributed by atoms with Gasteiger partial charge in [-0.15, -0.1) is 0 Å². The first-order valence-corrected chi connectivity index (χ1v) is 6.77. The summed E-state index contributed by atoms with van der Waals surface area (Å²) in [5, 5.41) is 17.8. The molecular formula is C14H27N3O. The fraction of sp³-hybridized carbons (Fsp3) is 0.786. The third-order valence-electron chi connectivity index (χ3n) is 3.35. The van der Waals surface area contributed by atoms with Gasteiger partial charge in [0.15, 0.2) is 0 Å². The number of aromatic nitrogens is 2. The summed E-state index contributed by atoms with van der Waals surface area (Å²) < 4.78 is 1.92. The molecule has 1 aromatic rings. The van der Waals surface area contributed by atoms with Crippen molar-refractivity contribution in [2.24, 2.45) is 11.3 Å². The van der Waals surface area contributed by atoms with Crippen LogP contribution in [-0.2, 0) is 13.1 Å². The summed E-state index contributed by atoms with van der Waals surface area (Å²) in [6, 6.07) is 0. The molecule has 0 aromatic carbocycles. The lowest BCUT2D eigenvalue weighted by atomic mass is 9.81. The van der Waals surface area contributed by atoms with Crippen LogP contribution in [0.1, 0.15) is 40.2 Å². The van der Waals surface area contributed by atoms with Crippen LogP contribution in [0.4, 0.5) is 0 Å². The van der Waals surface area contributed by atoms with Crippen molar-refractivity contribution in [2.75, 3.05) is 6.54 Å². The number of rotatable bonds is 7. The van der Waals surface area contributed by atoms with Crippen LogP contribution in [0.25, 0.3) is 0 Å². The quantitative estimate of drug-likeness (QED) is 0.782. The minimum absolute atomic E-state index is 0.116. The van der Waals surface area contributed by atoms with Crippen LogP contribution >= 0.6 is 0 Å². The van der Waals surface area contributed by atoms with E-state index in [1.165, 1.54) is 5.56 Å². The molecule has 4 heteroatoms. The molecule has 1 atom stereocenters. The summed E-state index contributed by atoms with van der Waals surface area (Å²) in [6.07, 6.45) is 3.66. The van der Waals surface area contributed by atoms with Gasteiger partial charge in [0.05, 0.1) is 12.3 Å². The van der Waals surface area contributed by atoms with E-state index in [1.54, 1.807) is 0 Å². The topological polar surface area (TPSA) is 50.1 Å². The maximum Gasteiger partial charge on any atom is 0.0626 e. The van der Waals surface area contributed by atoms with Crippen molar-refractivity contribution in [3.8, 4) is 0 Å². The highest BCUT2D eigenvalue weighted by Crippen LogP contribution is 2.25. The lowest BCUT2D eigenvalue weighted by molar-refractivity contribution is 0.0134. The Morgan fingerprint density at radius 1 is 1.44 bits per heavy atom. The Morgan fingerprint density at radius 3 is 2.61 bits per heavy atom. The van der Waals surface area contributed by atoms with Gasteiger partial charge in [-0.3, -0.25) is 4.68 Å². The zero-order chi connectivity index (χ0) is 13.8. The van der Waals surface area contributed by atoms with Gasteiger partial charge in [0.2, 0.25) is 0 Å². The smallest absolute Gasteiger partial charge is 0.0626 e. The minimum atomic E-state index is -0.289. The van der Waals surface area contributed by atoms with Gasteiger partial charge in [-0.2, -0.15) is 5.10 Å². The molecule has 1 heterocycles. The normalized spacial score (nSPS) is 14.2. The van der Waals surface area contributed by atoms with Gasteiger partial charge in [-0.1, -0.05) is 27.7 Å². The van der Waals surface area contributed by atoms with Crippen LogP contribution < -0.4 is 5.32 Å². The average molecular weight is 253 g/mol. The van der Waals surface area contributed by atoms with Crippen molar-refractivity contribution < 1.29 is 5.11 Å². The molecule has 0 bridgehead atoms. The van der Waals surface area contributed by atoms with Crippen molar-refractivity contribution in [1.29, 1.82) is 0 Å². The first kappa shape index (κ1) is 15.2. The van der Waals surface area contributed by atoms with E-state index in [1.807, 2.05) is 10.9 Å². The molecule has 0 aliphatic carbocycles. The summed E-state index contributed by atoms with van der Waals surface area (Å²) >= 11 is 0. The van der Waals surface area contributed by atoms with Crippen LogP contribution in [-0.4, -0.2) is 27.5 Å². The maximum absolute atomic E-state index is 10.1. The van der Waals surface area contributed by atoms with Crippen LogP contribution in [0.15, 0.2) is 12.4 Å². The molecule has 0 amide bonds. The first-order valence-electron chi connectivity index (χ1n) is 6.77. The molecule has 104 valence electrons. The third-order valence-corrected chi connectivity index (χ3v) is 3.35. The molecule has 0 saturated heterocycles. The fourth-order valence-corrected chi connectivity index (χ4v) is 2.21. The second-order valence-electron chi connectivity index (χ2n) is 5.99. The van der Waals surface area contributed by atoms with Gasteiger partial charge in [-0.05, 0) is 12.8 Å². The summed E-state index contributed by atoms with van der Waals surface area (Å²) in [5.74, 6) is 0.282. The van der Waals surface area contributed by atoms with Crippen molar-refractivity contribution in [1.82, 2.24) is 15.1 Å². The zero-order valence-electron chi connectivity index (χ0n) is 12.3. The largest absolute Gasteiger partial charge is 0.392 e. The summed E-state index contributed by atoms with van der Waals surface area (Å²) in [7, 11) is 0. The SMILES string of the molecule is CCn1cc(CNCC(C)(C)C(O)C(C)C)cn1. The molecule has 1 rings (SSSR count). The number of aryl methyl sites for hydroxylation is 1. The Morgan fingerprint density at radius 2 is 2.11 bits per heavy atom. The van der Waals surface area contributed by atoms with E-state index in [2.05, 4.69) is 51.2 Å². The van der Waals surface area contributed by atoms with E-state index in [0.29, 0.717) is 0 Å². The molecule has 4 nitrogen and oxygen atoms in total. The molecule has 1 unspecified atom stereocenters. The molecule has 0 aliphatic rings. The van der Waals surface area contributed by atoms with Crippen LogP contribution in [0.5, 0.6) is 0 Å². The summed E-state index contributed by atoms with van der Waals surface area (Å²) in [6.45, 7) is 12.9. The Bertz CT molecular complexity index is 358. The van der Waals surface area contributed by atoms with Crippen LogP contribution in [0.2, 0.25) is 0 Å². The van der Waals surface area contributed by atoms with Gasteiger partial charge in [0, 0.05) is 36.8 Å². The Kier molecular flexibility index (Phi) is 5.35. The second-order valence-corrected chi connectivity index (χ2v) is 5.99. The summed E-state index contributed by atoms with van der Waals surface area (Å²) in [4.78, 5) is 0. The lowest BCUT2D eigenvalue weighted by Crippen LogP contribution is -2.41. The highest BCUT2D eigenvalue weighted by molar-refractivity contribution is 5.03. The van der Waals surface area contributed by atoms with E-state index < -0.39 is 0 Å². The number of hydrogen-bond donors (Lipinski definition) is 2. The van der Waals surface area contributed by atoms with E-state index in [0.717, 1.165) is 19.6 Å². The third kappa shape index (κ3) is 4.10. The monoisotopic (exact) mass is 253 g/mol. The van der Waals surface area contributed by atoms with E-state index in [4.69, 9.17) is 0 Å². The predicted molar refractivity (Wildman–Crippen MR) is 74.2 cm³/mol. The molecule has 1 aromatic heterocycles. The van der Waals surface area contributed by atoms with E-state index >= 15 is 0 Å². The van der Waals surface area contributed by atoms with Gasteiger partial charge in [-0.25, -0.2) is 0 Å². The van der Waals surface area contributed by atoms with Crippen molar-refractivity contribution in [3.05, 3.63) is 18.0 Å². The Balaban J connectivity index is 2.41. The highest BCUT2D eigenvalue weighted by atomic mass is 16.3. The van der Waals surface area contributed by atoms with Crippen molar-refractivity contribution in [3.63, 3.8) is 0 Å². The fourth-order valence-electron chi connectivity index (χ4n) is 2.21. The molecule has 0 radical (unpaired) electrons. The number of aliphatic hydroxyl groups is 1. The molecule has 0 saturated carbocycles. The van der Waals surface area contributed by atoms with Crippen LogP contribution in [0.3, 0.4) is 0 Å². The highest BCUT2D eigenvalue weighted by Gasteiger charge is 2.29. The van der Waals surface area contributed by atoms with Crippen molar-refractivity contribution in [2.45, 2.75) is 53.8 Å². The molecule has 2 N–H and O–H groups in total. The molecule has 0 aliphatic heterocycles. The molecule has 0 fully saturated rings. The number of aliphatic hydroxyl groups excluding tert-OH is 1. The zero-order valence-corrected chi connectivity index (χ0v) is 12.3. The van der Waals surface area contributed by atoms with Crippen molar-refractivity contribution >= 4 is 0 Å². The maximum atomic E-state index is 10.1. The van der Waals surface area contributed by atoms with Gasteiger partial charge in [0.25, 0.3) is 0 Å². The molecular weight excluding hydrogens is 226 g/mol. The second kappa shape index (κ2) is 6.34. The van der Waals surface area contributed by atoms with E-state index in [-0.39, 0.29) is 17.4 Å². The number of nitrogens with zero attached hydrogens (tertiary/aromatic N) is 2. The van der Waals surface area contributed by atoms with E-state index in [9.17, 15) is 5.11 Å². The van der Waals surface area contributed by atoms with Gasteiger partial charge < -0.3 is 10.4 Å². The van der Waals surface area contributed by atoms with Crippen LogP contribution in [0, 0.1) is 11.3 Å². The molecule has 18 heavy (non-hydrogen) atoms. The Labute approximate surface area is 110 Å². The Hall–Kier alpha value is -0.870. The number of hydrogen-bond acceptors (Lipinski definition) is 3. The lowest BCUT2D eigenvalue weighted by Gasteiger charge is -2.33. The molecule has 0 spiro atoms. The predicted octanol–water partition coefficient (Wildman–Crippen LogP) is 2.04. The summed E-state index contributed by atoms with van der Waals surface area (Å²) in [5.41, 5.74) is 1.07. The van der Waals surface area contributed by atoms with Gasteiger partial charge in [0.1, 0.15) is 0 Å². The standard InChI is InChI=1S/C14H27N3O/c1-6-17-9-12(8-16-17)7-15-10-14(4,5)13(18)11(2)3/h8-9,11,13,15,18H,6-7,10H2,1-5H3. The minimum Gasteiger partial charge on any atom is -0.392 e. The average Bonchev–Trinajstić information content (AvgIpc) is 2.75. The first-order chi connectivity index (χ1) is 8.36. The number of nitrogens with one attached hydrogen (secondary N) is 1.